The first-order valence-corrected chi connectivity index (χ1v) is 8.01. The standard InChI is InChI=1S/C18H27NO/c1-4-14(3)12-19(5-2)13-18(20)17-10-9-15-7-6-8-16(15)11-17/h9-11,14H,4-8,12-13H2,1-3H3. The zero-order valence-corrected chi connectivity index (χ0v) is 13.1. The minimum atomic E-state index is 0.268. The molecule has 2 rings (SSSR count). The lowest BCUT2D eigenvalue weighted by atomic mass is 10.0. The normalized spacial score (nSPS) is 15.4. The molecule has 0 saturated carbocycles. The summed E-state index contributed by atoms with van der Waals surface area (Å²) < 4.78 is 0. The van der Waals surface area contributed by atoms with Gasteiger partial charge in [-0.05, 0) is 48.9 Å². The van der Waals surface area contributed by atoms with Crippen molar-refractivity contribution in [2.45, 2.75) is 46.5 Å². The summed E-state index contributed by atoms with van der Waals surface area (Å²) in [7, 11) is 0. The molecule has 1 unspecified atom stereocenters. The summed E-state index contributed by atoms with van der Waals surface area (Å²) in [6.45, 7) is 9.12. The zero-order chi connectivity index (χ0) is 14.5. The molecule has 0 heterocycles. The number of Topliss-reactive ketones (excluding diaryl/α,β-unsaturated/α-hetero) is 1. The van der Waals surface area contributed by atoms with E-state index in [1.807, 2.05) is 6.07 Å². The first-order valence-electron chi connectivity index (χ1n) is 8.01. The number of fused-ring (bicyclic) bond motifs is 1. The largest absolute Gasteiger partial charge is 0.296 e. The van der Waals surface area contributed by atoms with E-state index in [1.54, 1.807) is 0 Å². The van der Waals surface area contributed by atoms with Crippen molar-refractivity contribution in [2.75, 3.05) is 19.6 Å². The number of ketones is 1. The number of hydrogen-bond acceptors (Lipinski definition) is 2. The van der Waals surface area contributed by atoms with Crippen LogP contribution in [-0.4, -0.2) is 30.3 Å². The molecule has 1 aliphatic carbocycles. The van der Waals surface area contributed by atoms with Gasteiger partial charge in [-0.1, -0.05) is 39.3 Å². The van der Waals surface area contributed by atoms with Crippen LogP contribution in [-0.2, 0) is 12.8 Å². The van der Waals surface area contributed by atoms with Crippen LogP contribution in [0.25, 0.3) is 0 Å². The van der Waals surface area contributed by atoms with Gasteiger partial charge in [0.2, 0.25) is 0 Å². The molecule has 1 aliphatic rings. The minimum Gasteiger partial charge on any atom is -0.296 e. The fraction of sp³-hybridized carbons (Fsp3) is 0.611. The molecular formula is C18H27NO. The van der Waals surface area contributed by atoms with E-state index in [2.05, 4.69) is 37.8 Å². The molecule has 0 amide bonds. The maximum atomic E-state index is 12.4. The van der Waals surface area contributed by atoms with Crippen molar-refractivity contribution < 1.29 is 4.79 Å². The number of carbonyl (C=O) groups excluding carboxylic acids is 1. The van der Waals surface area contributed by atoms with Crippen LogP contribution in [0.4, 0.5) is 0 Å². The average Bonchev–Trinajstić information content (AvgIpc) is 2.93. The van der Waals surface area contributed by atoms with E-state index in [1.165, 1.54) is 30.4 Å². The van der Waals surface area contributed by atoms with Crippen molar-refractivity contribution in [3.63, 3.8) is 0 Å². The maximum Gasteiger partial charge on any atom is 0.176 e. The van der Waals surface area contributed by atoms with Crippen LogP contribution in [0.2, 0.25) is 0 Å². The molecular weight excluding hydrogens is 246 g/mol. The lowest BCUT2D eigenvalue weighted by molar-refractivity contribution is 0.0923. The molecule has 1 aromatic carbocycles. The Labute approximate surface area is 123 Å². The first kappa shape index (κ1) is 15.2. The van der Waals surface area contributed by atoms with Crippen molar-refractivity contribution in [1.29, 1.82) is 0 Å². The van der Waals surface area contributed by atoms with Gasteiger partial charge in [-0.25, -0.2) is 0 Å². The van der Waals surface area contributed by atoms with Crippen molar-refractivity contribution >= 4 is 5.78 Å². The van der Waals surface area contributed by atoms with Crippen LogP contribution in [0.1, 0.15) is 55.1 Å². The number of carbonyl (C=O) groups is 1. The molecule has 0 aliphatic heterocycles. The summed E-state index contributed by atoms with van der Waals surface area (Å²) >= 11 is 0. The van der Waals surface area contributed by atoms with Gasteiger partial charge in [0.1, 0.15) is 0 Å². The van der Waals surface area contributed by atoms with Gasteiger partial charge in [0.25, 0.3) is 0 Å². The van der Waals surface area contributed by atoms with Gasteiger partial charge in [0.05, 0.1) is 6.54 Å². The summed E-state index contributed by atoms with van der Waals surface area (Å²) in [5.41, 5.74) is 3.72. The average molecular weight is 273 g/mol. The van der Waals surface area contributed by atoms with Gasteiger partial charge in [-0.2, -0.15) is 0 Å². The highest BCUT2D eigenvalue weighted by Crippen LogP contribution is 2.23. The third-order valence-corrected chi connectivity index (χ3v) is 4.50. The SMILES string of the molecule is CCC(C)CN(CC)CC(=O)c1ccc2c(c1)CCC2. The molecule has 20 heavy (non-hydrogen) atoms. The Morgan fingerprint density at radius 3 is 2.70 bits per heavy atom. The number of aryl methyl sites for hydroxylation is 2. The Morgan fingerprint density at radius 1 is 1.25 bits per heavy atom. The molecule has 0 N–H and O–H groups in total. The number of rotatable bonds is 7. The summed E-state index contributed by atoms with van der Waals surface area (Å²) in [5, 5.41) is 0. The summed E-state index contributed by atoms with van der Waals surface area (Å²) in [6, 6.07) is 6.30. The second-order valence-corrected chi connectivity index (χ2v) is 6.10. The predicted molar refractivity (Wildman–Crippen MR) is 84.4 cm³/mol. The molecule has 0 fully saturated rings. The molecule has 2 heteroatoms. The highest BCUT2D eigenvalue weighted by atomic mass is 16.1. The molecule has 0 saturated heterocycles. The van der Waals surface area contributed by atoms with Crippen molar-refractivity contribution in [2.24, 2.45) is 5.92 Å². The summed E-state index contributed by atoms with van der Waals surface area (Å²) in [6.07, 6.45) is 4.73. The molecule has 0 radical (unpaired) electrons. The number of likely N-dealkylation sites (N-methyl/N-ethyl adjacent to an activating group) is 1. The van der Waals surface area contributed by atoms with E-state index in [9.17, 15) is 4.79 Å². The third-order valence-electron chi connectivity index (χ3n) is 4.50. The summed E-state index contributed by atoms with van der Waals surface area (Å²) in [5.74, 6) is 0.924. The summed E-state index contributed by atoms with van der Waals surface area (Å²) in [4.78, 5) is 14.7. The Balaban J connectivity index is 2.00. The predicted octanol–water partition coefficient (Wildman–Crippen LogP) is 3.73. The Morgan fingerprint density at radius 2 is 2.00 bits per heavy atom. The quantitative estimate of drug-likeness (QED) is 0.706. The van der Waals surface area contributed by atoms with Crippen LogP contribution < -0.4 is 0 Å². The fourth-order valence-corrected chi connectivity index (χ4v) is 2.91. The fourth-order valence-electron chi connectivity index (χ4n) is 2.91. The van der Waals surface area contributed by atoms with Crippen molar-refractivity contribution in [3.8, 4) is 0 Å². The molecule has 2 nitrogen and oxygen atoms in total. The minimum absolute atomic E-state index is 0.268. The Bertz CT molecular complexity index is 466. The second kappa shape index (κ2) is 7.03. The number of benzene rings is 1. The Kier molecular flexibility index (Phi) is 5.36. The monoisotopic (exact) mass is 273 g/mol. The first-order chi connectivity index (χ1) is 9.63. The van der Waals surface area contributed by atoms with E-state index in [0.717, 1.165) is 25.1 Å². The van der Waals surface area contributed by atoms with Crippen LogP contribution in [0, 0.1) is 5.92 Å². The van der Waals surface area contributed by atoms with Crippen molar-refractivity contribution in [1.82, 2.24) is 4.90 Å². The topological polar surface area (TPSA) is 20.3 Å². The molecule has 0 bridgehead atoms. The second-order valence-electron chi connectivity index (χ2n) is 6.10. The highest BCUT2D eigenvalue weighted by molar-refractivity contribution is 5.97. The van der Waals surface area contributed by atoms with Crippen molar-refractivity contribution in [3.05, 3.63) is 34.9 Å². The van der Waals surface area contributed by atoms with Gasteiger partial charge in [0.15, 0.2) is 5.78 Å². The maximum absolute atomic E-state index is 12.4. The lowest BCUT2D eigenvalue weighted by Crippen LogP contribution is -2.33. The number of hydrogen-bond donors (Lipinski definition) is 0. The highest BCUT2D eigenvalue weighted by Gasteiger charge is 2.16. The van der Waals surface area contributed by atoms with Gasteiger partial charge in [0, 0.05) is 12.1 Å². The van der Waals surface area contributed by atoms with Gasteiger partial charge < -0.3 is 0 Å². The Hall–Kier alpha value is -1.15. The van der Waals surface area contributed by atoms with Crippen LogP contribution in [0.3, 0.4) is 0 Å². The van der Waals surface area contributed by atoms with Crippen LogP contribution in [0.15, 0.2) is 18.2 Å². The van der Waals surface area contributed by atoms with E-state index in [0.29, 0.717) is 12.5 Å². The number of nitrogens with zero attached hydrogens (tertiary/aromatic N) is 1. The molecule has 1 atom stereocenters. The van der Waals surface area contributed by atoms with Crippen LogP contribution in [0.5, 0.6) is 0 Å². The van der Waals surface area contributed by atoms with E-state index in [-0.39, 0.29) is 5.78 Å². The lowest BCUT2D eigenvalue weighted by Gasteiger charge is -2.23. The van der Waals surface area contributed by atoms with Gasteiger partial charge >= 0.3 is 0 Å². The van der Waals surface area contributed by atoms with Gasteiger partial charge in [-0.15, -0.1) is 0 Å². The smallest absolute Gasteiger partial charge is 0.176 e. The van der Waals surface area contributed by atoms with E-state index >= 15 is 0 Å². The molecule has 1 aromatic rings. The molecule has 0 aromatic heterocycles. The van der Waals surface area contributed by atoms with Crippen LogP contribution >= 0.6 is 0 Å². The van der Waals surface area contributed by atoms with Gasteiger partial charge in [-0.3, -0.25) is 9.69 Å². The zero-order valence-electron chi connectivity index (χ0n) is 13.1. The van der Waals surface area contributed by atoms with E-state index in [4.69, 9.17) is 0 Å². The van der Waals surface area contributed by atoms with E-state index < -0.39 is 0 Å². The molecule has 110 valence electrons. The molecule has 0 spiro atoms. The third kappa shape index (κ3) is 3.69.